The van der Waals surface area contributed by atoms with Gasteiger partial charge < -0.3 is 19.5 Å². The summed E-state index contributed by atoms with van der Waals surface area (Å²) >= 11 is 0. The number of pyridine rings is 2. The van der Waals surface area contributed by atoms with Crippen LogP contribution in [0.4, 0.5) is 5.69 Å². The van der Waals surface area contributed by atoms with Crippen molar-refractivity contribution < 1.29 is 14.3 Å². The summed E-state index contributed by atoms with van der Waals surface area (Å²) in [4.78, 5) is 45.1. The van der Waals surface area contributed by atoms with E-state index in [4.69, 9.17) is 4.74 Å². The van der Waals surface area contributed by atoms with Crippen LogP contribution in [0.3, 0.4) is 0 Å². The second-order valence-corrected chi connectivity index (χ2v) is 8.20. The zero-order valence-corrected chi connectivity index (χ0v) is 19.1. The number of carbonyl (C=O) groups excluding carboxylic acids is 2. The maximum atomic E-state index is 13.2. The van der Waals surface area contributed by atoms with Crippen molar-refractivity contribution in [1.29, 1.82) is 0 Å². The maximum absolute atomic E-state index is 13.2. The number of nitrogens with one attached hydrogen (secondary N) is 1. The van der Waals surface area contributed by atoms with E-state index in [1.807, 2.05) is 26.0 Å². The molecular weight excluding hydrogens is 420 g/mol. The molecule has 8 heteroatoms. The van der Waals surface area contributed by atoms with Crippen LogP contribution in [0.5, 0.6) is 5.75 Å². The van der Waals surface area contributed by atoms with Gasteiger partial charge in [0.05, 0.1) is 7.11 Å². The molecule has 0 aliphatic carbocycles. The highest BCUT2D eigenvalue weighted by molar-refractivity contribution is 6.05. The first-order chi connectivity index (χ1) is 15.8. The van der Waals surface area contributed by atoms with Gasteiger partial charge in [-0.05, 0) is 66.8 Å². The molecule has 2 aromatic heterocycles. The summed E-state index contributed by atoms with van der Waals surface area (Å²) in [5.74, 6) is 0.0694. The van der Waals surface area contributed by atoms with Crippen molar-refractivity contribution in [3.63, 3.8) is 0 Å². The van der Waals surface area contributed by atoms with Crippen LogP contribution < -0.4 is 15.6 Å². The van der Waals surface area contributed by atoms with Gasteiger partial charge in [-0.1, -0.05) is 6.07 Å². The fraction of sp³-hybridized carbons (Fsp3) is 0.280. The fourth-order valence-electron chi connectivity index (χ4n) is 4.14. The standard InChI is InChI=1S/C25H26N4O4/c1-15-6-5-10-26-22(15)25(32)29-11-9-19-17(14-29)13-28(3)24(31)21(19)23(30)27-20-8-7-18(33-4)12-16(20)2/h5-8,10,12-13H,9,11,14H2,1-4H3,(H,27,30). The highest BCUT2D eigenvalue weighted by atomic mass is 16.5. The molecule has 0 atom stereocenters. The average Bonchev–Trinajstić information content (AvgIpc) is 2.80. The average molecular weight is 447 g/mol. The molecule has 1 aliphatic heterocycles. The smallest absolute Gasteiger partial charge is 0.273 e. The summed E-state index contributed by atoms with van der Waals surface area (Å²) in [6.07, 6.45) is 3.72. The van der Waals surface area contributed by atoms with E-state index < -0.39 is 5.91 Å². The molecule has 1 aromatic carbocycles. The van der Waals surface area contributed by atoms with Crippen LogP contribution in [0.1, 0.15) is 43.1 Å². The van der Waals surface area contributed by atoms with Gasteiger partial charge in [0, 0.05) is 38.2 Å². The molecule has 0 saturated heterocycles. The van der Waals surface area contributed by atoms with Crippen molar-refractivity contribution in [3.8, 4) is 5.75 Å². The molecule has 0 saturated carbocycles. The van der Waals surface area contributed by atoms with Crippen LogP contribution in [0.2, 0.25) is 0 Å². The molecule has 33 heavy (non-hydrogen) atoms. The topological polar surface area (TPSA) is 93.5 Å². The number of aromatic nitrogens is 2. The Hall–Kier alpha value is -3.94. The Morgan fingerprint density at radius 1 is 1.15 bits per heavy atom. The zero-order chi connectivity index (χ0) is 23.7. The predicted octanol–water partition coefficient (Wildman–Crippen LogP) is 2.86. The van der Waals surface area contributed by atoms with Crippen LogP contribution in [0.25, 0.3) is 0 Å². The van der Waals surface area contributed by atoms with Crippen LogP contribution in [-0.2, 0) is 20.0 Å². The quantitative estimate of drug-likeness (QED) is 0.665. The summed E-state index contributed by atoms with van der Waals surface area (Å²) in [6, 6.07) is 8.97. The van der Waals surface area contributed by atoms with Crippen molar-refractivity contribution >= 4 is 17.5 Å². The summed E-state index contributed by atoms with van der Waals surface area (Å²) in [5.41, 5.74) is 3.88. The molecule has 8 nitrogen and oxygen atoms in total. The maximum Gasteiger partial charge on any atom is 0.273 e. The van der Waals surface area contributed by atoms with Gasteiger partial charge in [0.1, 0.15) is 17.0 Å². The number of ether oxygens (including phenoxy) is 1. The summed E-state index contributed by atoms with van der Waals surface area (Å²) < 4.78 is 6.61. The Kier molecular flexibility index (Phi) is 6.00. The van der Waals surface area contributed by atoms with E-state index in [2.05, 4.69) is 10.3 Å². The first-order valence-corrected chi connectivity index (χ1v) is 10.7. The van der Waals surface area contributed by atoms with Gasteiger partial charge in [-0.25, -0.2) is 0 Å². The van der Waals surface area contributed by atoms with E-state index in [1.54, 1.807) is 49.7 Å². The summed E-state index contributed by atoms with van der Waals surface area (Å²) in [7, 11) is 3.19. The van der Waals surface area contributed by atoms with E-state index in [0.29, 0.717) is 42.2 Å². The summed E-state index contributed by atoms with van der Waals surface area (Å²) in [5, 5.41) is 2.86. The van der Waals surface area contributed by atoms with Crippen LogP contribution in [0, 0.1) is 13.8 Å². The number of rotatable bonds is 4. The van der Waals surface area contributed by atoms with Gasteiger partial charge in [0.2, 0.25) is 0 Å². The number of benzene rings is 1. The SMILES string of the molecule is COc1ccc(NC(=O)c2c3c(cn(C)c2=O)CN(C(=O)c2ncccc2C)CC3)c(C)c1. The molecule has 1 N–H and O–H groups in total. The number of amides is 2. The molecule has 3 heterocycles. The predicted molar refractivity (Wildman–Crippen MR) is 125 cm³/mol. The van der Waals surface area contributed by atoms with Crippen LogP contribution >= 0.6 is 0 Å². The lowest BCUT2D eigenvalue weighted by molar-refractivity contribution is 0.0727. The number of carbonyl (C=O) groups is 2. The minimum Gasteiger partial charge on any atom is -0.497 e. The van der Waals surface area contributed by atoms with E-state index >= 15 is 0 Å². The number of nitrogens with zero attached hydrogens (tertiary/aromatic N) is 3. The van der Waals surface area contributed by atoms with Crippen molar-refractivity contribution in [2.24, 2.45) is 7.05 Å². The molecule has 4 rings (SSSR count). The van der Waals surface area contributed by atoms with Gasteiger partial charge in [-0.2, -0.15) is 0 Å². The molecule has 2 amide bonds. The highest BCUT2D eigenvalue weighted by Crippen LogP contribution is 2.25. The molecule has 1 aliphatic rings. The largest absolute Gasteiger partial charge is 0.497 e. The van der Waals surface area contributed by atoms with E-state index in [1.165, 1.54) is 4.57 Å². The van der Waals surface area contributed by atoms with Gasteiger partial charge in [0.25, 0.3) is 17.4 Å². The van der Waals surface area contributed by atoms with E-state index in [-0.39, 0.29) is 17.0 Å². The summed E-state index contributed by atoms with van der Waals surface area (Å²) in [6.45, 7) is 4.42. The van der Waals surface area contributed by atoms with Gasteiger partial charge >= 0.3 is 0 Å². The molecule has 0 unspecified atom stereocenters. The second kappa shape index (κ2) is 8.90. The number of fused-ring (bicyclic) bond motifs is 1. The fourth-order valence-corrected chi connectivity index (χ4v) is 4.14. The van der Waals surface area contributed by atoms with Gasteiger partial charge in [0.15, 0.2) is 0 Å². The van der Waals surface area contributed by atoms with E-state index in [0.717, 1.165) is 16.7 Å². The first-order valence-electron chi connectivity index (χ1n) is 10.7. The van der Waals surface area contributed by atoms with Crippen molar-refractivity contribution in [2.45, 2.75) is 26.8 Å². The molecule has 3 aromatic rings. The molecule has 0 bridgehead atoms. The molecule has 0 fully saturated rings. The zero-order valence-electron chi connectivity index (χ0n) is 19.1. The van der Waals surface area contributed by atoms with Crippen molar-refractivity contribution in [2.75, 3.05) is 19.0 Å². The minimum absolute atomic E-state index is 0.117. The number of anilines is 1. The molecular formula is C25H26N4O4. The third-order valence-corrected chi connectivity index (χ3v) is 5.97. The lowest BCUT2D eigenvalue weighted by atomic mass is 9.95. The van der Waals surface area contributed by atoms with Crippen LogP contribution in [-0.4, -0.2) is 39.9 Å². The first kappa shape index (κ1) is 22.3. The molecule has 0 radical (unpaired) electrons. The Bertz CT molecular complexity index is 1310. The van der Waals surface area contributed by atoms with Crippen LogP contribution in [0.15, 0.2) is 47.5 Å². The lowest BCUT2D eigenvalue weighted by Gasteiger charge is -2.30. The Balaban J connectivity index is 1.65. The third kappa shape index (κ3) is 4.24. The van der Waals surface area contributed by atoms with Crippen molar-refractivity contribution in [3.05, 3.63) is 86.6 Å². The normalized spacial score (nSPS) is 12.8. The Morgan fingerprint density at radius 3 is 2.64 bits per heavy atom. The van der Waals surface area contributed by atoms with Gasteiger partial charge in [-0.3, -0.25) is 19.4 Å². The minimum atomic E-state index is -0.457. The Morgan fingerprint density at radius 2 is 1.94 bits per heavy atom. The monoisotopic (exact) mass is 446 g/mol. The van der Waals surface area contributed by atoms with Gasteiger partial charge in [-0.15, -0.1) is 0 Å². The van der Waals surface area contributed by atoms with E-state index in [9.17, 15) is 14.4 Å². The number of hydrogen-bond acceptors (Lipinski definition) is 5. The molecule has 0 spiro atoms. The number of hydrogen-bond donors (Lipinski definition) is 1. The Labute approximate surface area is 191 Å². The molecule has 170 valence electrons. The number of aryl methyl sites for hydroxylation is 3. The second-order valence-electron chi connectivity index (χ2n) is 8.20. The lowest BCUT2D eigenvalue weighted by Crippen LogP contribution is -2.40. The number of methoxy groups -OCH3 is 1. The van der Waals surface area contributed by atoms with Crippen molar-refractivity contribution in [1.82, 2.24) is 14.5 Å². The highest BCUT2D eigenvalue weighted by Gasteiger charge is 2.29. The third-order valence-electron chi connectivity index (χ3n) is 5.97.